The van der Waals surface area contributed by atoms with Gasteiger partial charge in [0, 0.05) is 29.7 Å². The van der Waals surface area contributed by atoms with Crippen LogP contribution in [0, 0.1) is 6.92 Å². The highest BCUT2D eigenvalue weighted by Gasteiger charge is 2.47. The van der Waals surface area contributed by atoms with E-state index in [1.54, 1.807) is 54.9 Å². The first kappa shape index (κ1) is 18.9. The average molecular weight is 414 g/mol. The Hall–Kier alpha value is -4.13. The molecular weight excluding hydrogens is 396 g/mol. The van der Waals surface area contributed by atoms with Crippen LogP contribution < -0.4 is 14.4 Å². The molecule has 5 rings (SSSR count). The molecule has 31 heavy (non-hydrogen) atoms. The van der Waals surface area contributed by atoms with Gasteiger partial charge in [-0.25, -0.2) is 0 Å². The number of carbonyl (C=O) groups is 2. The molecule has 0 spiro atoms. The lowest BCUT2D eigenvalue weighted by Gasteiger charge is -2.25. The molecule has 0 radical (unpaired) electrons. The smallest absolute Gasteiger partial charge is 0.300 e. The number of benzene rings is 2. The summed E-state index contributed by atoms with van der Waals surface area (Å²) in [4.78, 5) is 31.7. The molecule has 7 heteroatoms. The Morgan fingerprint density at radius 2 is 1.84 bits per heavy atom. The number of aromatic nitrogens is 1. The zero-order valence-corrected chi connectivity index (χ0v) is 16.6. The Bertz CT molecular complexity index is 1220. The lowest BCUT2D eigenvalue weighted by molar-refractivity contribution is -0.132. The van der Waals surface area contributed by atoms with Gasteiger partial charge in [-0.1, -0.05) is 35.9 Å². The van der Waals surface area contributed by atoms with Crippen molar-refractivity contribution >= 4 is 23.1 Å². The van der Waals surface area contributed by atoms with Crippen molar-refractivity contribution < 1.29 is 24.2 Å². The molecule has 0 saturated carbocycles. The van der Waals surface area contributed by atoms with Crippen molar-refractivity contribution in [2.45, 2.75) is 13.0 Å². The molecule has 1 fully saturated rings. The number of hydrogen-bond acceptors (Lipinski definition) is 6. The monoisotopic (exact) mass is 414 g/mol. The number of amides is 1. The van der Waals surface area contributed by atoms with Gasteiger partial charge in [-0.15, -0.1) is 0 Å². The number of fused-ring (bicyclic) bond motifs is 1. The Labute approximate surface area is 178 Å². The van der Waals surface area contributed by atoms with Crippen molar-refractivity contribution in [1.82, 2.24) is 4.98 Å². The standard InChI is InChI=1S/C24H18N2O5/c1-14-4-6-15(7-5-14)22(27)20-21(16-3-2-10-25-12-16)26(24(29)23(20)28)17-8-9-18-19(11-17)31-13-30-18/h2-12,21,27H,13H2,1H3/b22-20+. The maximum Gasteiger partial charge on any atom is 0.300 e. The van der Waals surface area contributed by atoms with Gasteiger partial charge in [0.1, 0.15) is 5.76 Å². The zero-order chi connectivity index (χ0) is 21.5. The van der Waals surface area contributed by atoms with Crippen molar-refractivity contribution in [3.8, 4) is 11.5 Å². The summed E-state index contributed by atoms with van der Waals surface area (Å²) < 4.78 is 10.8. The van der Waals surface area contributed by atoms with Crippen molar-refractivity contribution in [2.24, 2.45) is 0 Å². The summed E-state index contributed by atoms with van der Waals surface area (Å²) >= 11 is 0. The van der Waals surface area contributed by atoms with Crippen LogP contribution in [-0.2, 0) is 9.59 Å². The summed E-state index contributed by atoms with van der Waals surface area (Å²) in [5.41, 5.74) is 2.56. The van der Waals surface area contributed by atoms with E-state index in [2.05, 4.69) is 4.98 Å². The van der Waals surface area contributed by atoms with Gasteiger partial charge in [0.25, 0.3) is 11.7 Å². The largest absolute Gasteiger partial charge is 0.507 e. The van der Waals surface area contributed by atoms with Gasteiger partial charge in [-0.2, -0.15) is 0 Å². The number of rotatable bonds is 3. The molecule has 3 heterocycles. The molecule has 0 aliphatic carbocycles. The first-order valence-corrected chi connectivity index (χ1v) is 9.72. The van der Waals surface area contributed by atoms with Crippen LogP contribution in [0.4, 0.5) is 5.69 Å². The number of pyridine rings is 1. The SMILES string of the molecule is Cc1ccc(/C(O)=C2\C(=O)C(=O)N(c3ccc4c(c3)OCO4)C2c2cccnc2)cc1. The van der Waals surface area contributed by atoms with Gasteiger partial charge in [-0.3, -0.25) is 19.5 Å². The van der Waals surface area contributed by atoms with Gasteiger partial charge in [0.2, 0.25) is 6.79 Å². The predicted octanol–water partition coefficient (Wildman–Crippen LogP) is 3.75. The highest BCUT2D eigenvalue weighted by atomic mass is 16.7. The van der Waals surface area contributed by atoms with E-state index in [1.165, 1.54) is 4.90 Å². The maximum atomic E-state index is 13.1. The first-order valence-electron chi connectivity index (χ1n) is 9.72. The maximum absolute atomic E-state index is 13.1. The molecule has 2 aliphatic heterocycles. The second kappa shape index (κ2) is 7.28. The fourth-order valence-electron chi connectivity index (χ4n) is 3.85. The number of ketones is 1. The lowest BCUT2D eigenvalue weighted by atomic mass is 9.96. The number of aliphatic hydroxyl groups is 1. The third kappa shape index (κ3) is 3.11. The molecule has 1 aromatic heterocycles. The van der Waals surface area contributed by atoms with Crippen LogP contribution in [0.5, 0.6) is 11.5 Å². The van der Waals surface area contributed by atoms with Crippen LogP contribution >= 0.6 is 0 Å². The molecule has 1 amide bonds. The van der Waals surface area contributed by atoms with E-state index in [-0.39, 0.29) is 18.1 Å². The molecule has 3 aromatic rings. The van der Waals surface area contributed by atoms with Crippen molar-refractivity contribution in [3.63, 3.8) is 0 Å². The van der Waals surface area contributed by atoms with E-state index in [0.717, 1.165) is 5.56 Å². The van der Waals surface area contributed by atoms with Crippen molar-refractivity contribution in [3.05, 3.63) is 89.3 Å². The quantitative estimate of drug-likeness (QED) is 0.399. The van der Waals surface area contributed by atoms with Crippen LogP contribution in [0.2, 0.25) is 0 Å². The molecule has 1 N–H and O–H groups in total. The van der Waals surface area contributed by atoms with Crippen LogP contribution in [-0.4, -0.2) is 28.6 Å². The minimum Gasteiger partial charge on any atom is -0.507 e. The summed E-state index contributed by atoms with van der Waals surface area (Å²) in [5, 5.41) is 11.1. The van der Waals surface area contributed by atoms with Gasteiger partial charge in [0.15, 0.2) is 11.5 Å². The number of anilines is 1. The first-order chi connectivity index (χ1) is 15.0. The van der Waals surface area contributed by atoms with Crippen LogP contribution in [0.25, 0.3) is 5.76 Å². The second-order valence-corrected chi connectivity index (χ2v) is 7.36. The number of hydrogen-bond donors (Lipinski definition) is 1. The molecule has 0 bridgehead atoms. The summed E-state index contributed by atoms with van der Waals surface area (Å²) in [6.45, 7) is 2.02. The van der Waals surface area contributed by atoms with Crippen molar-refractivity contribution in [1.29, 1.82) is 0 Å². The van der Waals surface area contributed by atoms with E-state index in [4.69, 9.17) is 9.47 Å². The molecule has 1 unspecified atom stereocenters. The minimum absolute atomic E-state index is 0.0134. The Balaban J connectivity index is 1.70. The number of aryl methyl sites for hydroxylation is 1. The van der Waals surface area contributed by atoms with Gasteiger partial charge < -0.3 is 14.6 Å². The van der Waals surface area contributed by atoms with Gasteiger partial charge >= 0.3 is 0 Å². The fraction of sp³-hybridized carbons (Fsp3) is 0.125. The number of Topliss-reactive ketones (excluding diaryl/α,β-unsaturated/α-hetero) is 1. The molecular formula is C24H18N2O5. The van der Waals surface area contributed by atoms with Crippen LogP contribution in [0.15, 0.2) is 72.6 Å². The van der Waals surface area contributed by atoms with Gasteiger partial charge in [0.05, 0.1) is 11.6 Å². The van der Waals surface area contributed by atoms with Gasteiger partial charge in [-0.05, 0) is 30.7 Å². The predicted molar refractivity (Wildman–Crippen MR) is 113 cm³/mol. The zero-order valence-electron chi connectivity index (χ0n) is 16.6. The number of aliphatic hydroxyl groups excluding tert-OH is 1. The minimum atomic E-state index is -0.838. The van der Waals surface area contributed by atoms with E-state index in [0.29, 0.717) is 28.3 Å². The molecule has 154 valence electrons. The Kier molecular flexibility index (Phi) is 4.43. The molecule has 1 saturated heterocycles. The fourth-order valence-corrected chi connectivity index (χ4v) is 3.85. The topological polar surface area (TPSA) is 89.0 Å². The van der Waals surface area contributed by atoms with E-state index in [9.17, 15) is 14.7 Å². The van der Waals surface area contributed by atoms with Crippen LogP contribution in [0.1, 0.15) is 22.7 Å². The summed E-state index contributed by atoms with van der Waals surface area (Å²) in [7, 11) is 0. The van der Waals surface area contributed by atoms with E-state index >= 15 is 0 Å². The van der Waals surface area contributed by atoms with E-state index in [1.807, 2.05) is 19.1 Å². The highest BCUT2D eigenvalue weighted by molar-refractivity contribution is 6.51. The molecule has 2 aliphatic rings. The lowest BCUT2D eigenvalue weighted by Crippen LogP contribution is -2.29. The molecule has 1 atom stereocenters. The number of ether oxygens (including phenoxy) is 2. The summed E-state index contributed by atoms with van der Waals surface area (Å²) in [5.74, 6) is -0.665. The molecule has 7 nitrogen and oxygen atoms in total. The third-order valence-corrected chi connectivity index (χ3v) is 5.40. The number of carbonyl (C=O) groups excluding carboxylic acids is 2. The normalized spacial score (nSPS) is 19.1. The summed E-state index contributed by atoms with van der Waals surface area (Å²) in [6.07, 6.45) is 3.19. The summed E-state index contributed by atoms with van der Waals surface area (Å²) in [6, 6.07) is 14.8. The van der Waals surface area contributed by atoms with Crippen LogP contribution in [0.3, 0.4) is 0 Å². The van der Waals surface area contributed by atoms with Crippen molar-refractivity contribution in [2.75, 3.05) is 11.7 Å². The second-order valence-electron chi connectivity index (χ2n) is 7.36. The Morgan fingerprint density at radius 3 is 2.58 bits per heavy atom. The number of nitrogens with zero attached hydrogens (tertiary/aromatic N) is 2. The molecule has 2 aromatic carbocycles. The highest BCUT2D eigenvalue weighted by Crippen LogP contribution is 2.44. The average Bonchev–Trinajstić information content (AvgIpc) is 3.36. The van der Waals surface area contributed by atoms with E-state index < -0.39 is 17.7 Å². The third-order valence-electron chi connectivity index (χ3n) is 5.40. The Morgan fingerprint density at radius 1 is 1.06 bits per heavy atom.